The molecule has 114 valence electrons. The van der Waals surface area contributed by atoms with Crippen LogP contribution in [-0.2, 0) is 4.74 Å². The molecule has 2 fully saturated rings. The minimum atomic E-state index is 0.102. The van der Waals surface area contributed by atoms with Gasteiger partial charge in [-0.3, -0.25) is 4.79 Å². The molecule has 0 radical (unpaired) electrons. The molecule has 1 atom stereocenters. The van der Waals surface area contributed by atoms with Crippen molar-refractivity contribution in [3.05, 3.63) is 29.8 Å². The van der Waals surface area contributed by atoms with E-state index in [0.29, 0.717) is 17.3 Å². The SMILES string of the molecule is Nc1cccc(C(=O)N(C[C@H]2CCCO2)C2CCCC2)c1. The van der Waals surface area contributed by atoms with Gasteiger partial charge in [0.1, 0.15) is 0 Å². The standard InChI is InChI=1S/C17H24N2O2/c18-14-6-3-5-13(11-14)17(20)19(15-7-1-2-8-15)12-16-9-4-10-21-16/h3,5-6,11,15-16H,1-2,4,7-10,12,18H2/t16-/m1/s1. The highest BCUT2D eigenvalue weighted by Crippen LogP contribution is 2.27. The Hall–Kier alpha value is -1.55. The third-order valence-corrected chi connectivity index (χ3v) is 4.58. The van der Waals surface area contributed by atoms with Crippen LogP contribution in [0.1, 0.15) is 48.9 Å². The van der Waals surface area contributed by atoms with E-state index < -0.39 is 0 Å². The number of ether oxygens (including phenoxy) is 1. The highest BCUT2D eigenvalue weighted by Gasteiger charge is 2.30. The molecule has 2 aliphatic rings. The van der Waals surface area contributed by atoms with Crippen LogP contribution in [0, 0.1) is 0 Å². The van der Waals surface area contributed by atoms with Gasteiger partial charge in [0.15, 0.2) is 0 Å². The Morgan fingerprint density at radius 3 is 2.71 bits per heavy atom. The van der Waals surface area contributed by atoms with E-state index in [1.54, 1.807) is 6.07 Å². The summed E-state index contributed by atoms with van der Waals surface area (Å²) in [7, 11) is 0. The fraction of sp³-hybridized carbons (Fsp3) is 0.588. The van der Waals surface area contributed by atoms with Crippen LogP contribution in [0.4, 0.5) is 5.69 Å². The minimum absolute atomic E-state index is 0.102. The molecule has 4 nitrogen and oxygen atoms in total. The molecule has 1 aromatic carbocycles. The van der Waals surface area contributed by atoms with E-state index in [9.17, 15) is 4.79 Å². The summed E-state index contributed by atoms with van der Waals surface area (Å²) in [5.74, 6) is 0.102. The van der Waals surface area contributed by atoms with Crippen LogP contribution in [0.5, 0.6) is 0 Å². The number of carbonyl (C=O) groups is 1. The van der Waals surface area contributed by atoms with Crippen molar-refractivity contribution in [1.29, 1.82) is 0 Å². The molecule has 1 aromatic rings. The molecule has 0 unspecified atom stereocenters. The molecule has 4 heteroatoms. The van der Waals surface area contributed by atoms with E-state index in [1.807, 2.05) is 23.1 Å². The average Bonchev–Trinajstić information content (AvgIpc) is 3.17. The molecule has 1 saturated carbocycles. The molecule has 1 aliphatic heterocycles. The van der Waals surface area contributed by atoms with Gasteiger partial charge in [-0.2, -0.15) is 0 Å². The van der Waals surface area contributed by atoms with Crippen LogP contribution < -0.4 is 5.73 Å². The predicted molar refractivity (Wildman–Crippen MR) is 83.1 cm³/mol. The van der Waals surface area contributed by atoms with Gasteiger partial charge in [-0.1, -0.05) is 18.9 Å². The van der Waals surface area contributed by atoms with Gasteiger partial charge in [0.25, 0.3) is 5.91 Å². The van der Waals surface area contributed by atoms with Crippen LogP contribution in [0.2, 0.25) is 0 Å². The Bertz CT molecular complexity index is 491. The fourth-order valence-corrected chi connectivity index (χ4v) is 3.46. The van der Waals surface area contributed by atoms with E-state index >= 15 is 0 Å². The molecule has 1 saturated heterocycles. The van der Waals surface area contributed by atoms with Gasteiger partial charge < -0.3 is 15.4 Å². The molecule has 3 rings (SSSR count). The number of nitrogen functional groups attached to an aromatic ring is 1. The summed E-state index contributed by atoms with van der Waals surface area (Å²) in [6, 6.07) is 7.66. The number of carbonyl (C=O) groups excluding carboxylic acids is 1. The highest BCUT2D eigenvalue weighted by molar-refractivity contribution is 5.95. The average molecular weight is 288 g/mol. The van der Waals surface area contributed by atoms with Crippen LogP contribution >= 0.6 is 0 Å². The zero-order chi connectivity index (χ0) is 14.7. The van der Waals surface area contributed by atoms with Crippen molar-refractivity contribution in [2.75, 3.05) is 18.9 Å². The second kappa shape index (κ2) is 6.48. The molecule has 1 amide bonds. The summed E-state index contributed by atoms with van der Waals surface area (Å²) in [4.78, 5) is 14.9. The summed E-state index contributed by atoms with van der Waals surface area (Å²) in [5, 5.41) is 0. The van der Waals surface area contributed by atoms with Gasteiger partial charge >= 0.3 is 0 Å². The minimum Gasteiger partial charge on any atom is -0.399 e. The predicted octanol–water partition coefficient (Wildman–Crippen LogP) is 2.83. The van der Waals surface area contributed by atoms with Crippen molar-refractivity contribution in [2.45, 2.75) is 50.7 Å². The quantitative estimate of drug-likeness (QED) is 0.867. The summed E-state index contributed by atoms with van der Waals surface area (Å²) in [5.41, 5.74) is 7.16. The molecule has 1 heterocycles. The molecular weight excluding hydrogens is 264 g/mol. The normalized spacial score (nSPS) is 22.6. The van der Waals surface area contributed by atoms with E-state index in [-0.39, 0.29) is 12.0 Å². The highest BCUT2D eigenvalue weighted by atomic mass is 16.5. The van der Waals surface area contributed by atoms with Crippen molar-refractivity contribution in [3.63, 3.8) is 0 Å². The van der Waals surface area contributed by atoms with Gasteiger partial charge in [0, 0.05) is 30.4 Å². The first-order chi connectivity index (χ1) is 10.2. The van der Waals surface area contributed by atoms with E-state index in [1.165, 1.54) is 12.8 Å². The van der Waals surface area contributed by atoms with Crippen LogP contribution in [0.25, 0.3) is 0 Å². The molecular formula is C17H24N2O2. The zero-order valence-electron chi connectivity index (χ0n) is 12.5. The Kier molecular flexibility index (Phi) is 4.44. The lowest BCUT2D eigenvalue weighted by Gasteiger charge is -2.31. The fourth-order valence-electron chi connectivity index (χ4n) is 3.46. The molecule has 21 heavy (non-hydrogen) atoms. The summed E-state index contributed by atoms with van der Waals surface area (Å²) in [6.45, 7) is 1.55. The van der Waals surface area contributed by atoms with E-state index in [4.69, 9.17) is 10.5 Å². The van der Waals surface area contributed by atoms with Crippen LogP contribution in [-0.4, -0.2) is 36.1 Å². The van der Waals surface area contributed by atoms with Crippen LogP contribution in [0.15, 0.2) is 24.3 Å². The lowest BCUT2D eigenvalue weighted by molar-refractivity contribution is 0.0421. The maximum atomic E-state index is 12.9. The second-order valence-electron chi connectivity index (χ2n) is 6.16. The van der Waals surface area contributed by atoms with E-state index in [2.05, 4.69) is 0 Å². The van der Waals surface area contributed by atoms with Crippen molar-refractivity contribution >= 4 is 11.6 Å². The largest absolute Gasteiger partial charge is 0.399 e. The van der Waals surface area contributed by atoms with Crippen molar-refractivity contribution < 1.29 is 9.53 Å². The zero-order valence-corrected chi connectivity index (χ0v) is 12.5. The Morgan fingerprint density at radius 2 is 2.05 bits per heavy atom. The number of amides is 1. The summed E-state index contributed by atoms with van der Waals surface area (Å²) < 4.78 is 5.73. The number of nitrogens with zero attached hydrogens (tertiary/aromatic N) is 1. The number of rotatable bonds is 4. The summed E-state index contributed by atoms with van der Waals surface area (Å²) >= 11 is 0. The number of benzene rings is 1. The van der Waals surface area contributed by atoms with Crippen molar-refractivity contribution in [2.24, 2.45) is 0 Å². The second-order valence-corrected chi connectivity index (χ2v) is 6.16. The van der Waals surface area contributed by atoms with Crippen molar-refractivity contribution in [3.8, 4) is 0 Å². The number of hydrogen-bond acceptors (Lipinski definition) is 3. The van der Waals surface area contributed by atoms with Gasteiger partial charge in [-0.05, 0) is 43.9 Å². The van der Waals surface area contributed by atoms with E-state index in [0.717, 1.165) is 38.8 Å². The Morgan fingerprint density at radius 1 is 1.24 bits per heavy atom. The third-order valence-electron chi connectivity index (χ3n) is 4.58. The number of nitrogens with two attached hydrogens (primary N) is 1. The molecule has 0 bridgehead atoms. The third kappa shape index (κ3) is 3.38. The first-order valence-electron chi connectivity index (χ1n) is 8.02. The Balaban J connectivity index is 1.77. The Labute approximate surface area is 126 Å². The molecule has 1 aliphatic carbocycles. The maximum absolute atomic E-state index is 12.9. The van der Waals surface area contributed by atoms with Gasteiger partial charge in [-0.15, -0.1) is 0 Å². The number of hydrogen-bond donors (Lipinski definition) is 1. The lowest BCUT2D eigenvalue weighted by Crippen LogP contribution is -2.43. The maximum Gasteiger partial charge on any atom is 0.254 e. The first kappa shape index (κ1) is 14.4. The van der Waals surface area contributed by atoms with Gasteiger partial charge in [0.05, 0.1) is 6.10 Å². The van der Waals surface area contributed by atoms with Crippen molar-refractivity contribution in [1.82, 2.24) is 4.90 Å². The molecule has 2 N–H and O–H groups in total. The van der Waals surface area contributed by atoms with Gasteiger partial charge in [-0.25, -0.2) is 0 Å². The summed E-state index contributed by atoms with van der Waals surface area (Å²) in [6.07, 6.45) is 7.04. The molecule has 0 aromatic heterocycles. The van der Waals surface area contributed by atoms with Crippen LogP contribution in [0.3, 0.4) is 0 Å². The monoisotopic (exact) mass is 288 g/mol. The smallest absolute Gasteiger partial charge is 0.254 e. The lowest BCUT2D eigenvalue weighted by atomic mass is 10.1. The van der Waals surface area contributed by atoms with Gasteiger partial charge in [0.2, 0.25) is 0 Å². The topological polar surface area (TPSA) is 55.6 Å². The first-order valence-corrected chi connectivity index (χ1v) is 8.02. The number of anilines is 1. The molecule has 0 spiro atoms.